The highest BCUT2D eigenvalue weighted by molar-refractivity contribution is 5.93. The van der Waals surface area contributed by atoms with E-state index < -0.39 is 34.6 Å². The average Bonchev–Trinajstić information content (AvgIpc) is 2.94. The van der Waals surface area contributed by atoms with Gasteiger partial charge in [-0.05, 0) is 72.4 Å². The topological polar surface area (TPSA) is 75.2 Å². The molecule has 9 heteroatoms. The lowest BCUT2D eigenvalue weighted by Crippen LogP contribution is -2.38. The predicted molar refractivity (Wildman–Crippen MR) is 140 cm³/mol. The number of carbonyl (C=O) groups excluding carboxylic acids is 2. The molecule has 1 N–H and O–H groups in total. The second kappa shape index (κ2) is 11.5. The molecule has 1 saturated heterocycles. The minimum atomic E-state index is -0.953. The normalized spacial score (nSPS) is 13.8. The molecular weight excluding hydrogens is 505 g/mol. The van der Waals surface area contributed by atoms with Gasteiger partial charge < -0.3 is 10.2 Å². The molecule has 1 fully saturated rings. The van der Waals surface area contributed by atoms with E-state index in [0.29, 0.717) is 31.6 Å². The first-order valence-electron chi connectivity index (χ1n) is 12.6. The molecule has 1 aliphatic rings. The Kier molecular flexibility index (Phi) is 7.67. The van der Waals surface area contributed by atoms with E-state index in [1.807, 2.05) is 30.3 Å². The zero-order chi connectivity index (χ0) is 27.4. The molecule has 0 spiro atoms. The quantitative estimate of drug-likeness (QED) is 0.344. The summed E-state index contributed by atoms with van der Waals surface area (Å²) in [5.41, 5.74) is 1.44. The number of benzene rings is 2. The highest BCUT2D eigenvalue weighted by Gasteiger charge is 2.27. The lowest BCUT2D eigenvalue weighted by atomic mass is 9.89. The molecule has 2 aromatic carbocycles. The van der Waals surface area contributed by atoms with Crippen molar-refractivity contribution in [2.75, 3.05) is 18.4 Å². The Labute approximate surface area is 223 Å². The predicted octanol–water partition coefficient (Wildman–Crippen LogP) is 5.76. The number of halogens is 3. The van der Waals surface area contributed by atoms with E-state index in [1.54, 1.807) is 23.4 Å². The van der Waals surface area contributed by atoms with Crippen molar-refractivity contribution in [1.82, 2.24) is 14.9 Å². The molecule has 198 valence electrons. The van der Waals surface area contributed by atoms with Crippen molar-refractivity contribution in [2.24, 2.45) is 0 Å². The number of aromatic nitrogens is 2. The minimum Gasteiger partial charge on any atom is -0.337 e. The Morgan fingerprint density at radius 3 is 2.26 bits per heavy atom. The summed E-state index contributed by atoms with van der Waals surface area (Å²) in [6.07, 6.45) is 4.96. The Morgan fingerprint density at radius 1 is 0.872 bits per heavy atom. The summed E-state index contributed by atoms with van der Waals surface area (Å²) in [4.78, 5) is 35.0. The fourth-order valence-electron chi connectivity index (χ4n) is 4.77. The van der Waals surface area contributed by atoms with Crippen molar-refractivity contribution in [3.8, 4) is 11.3 Å². The van der Waals surface area contributed by atoms with Gasteiger partial charge in [-0.3, -0.25) is 14.6 Å². The molecule has 0 radical (unpaired) electrons. The molecule has 0 saturated carbocycles. The Balaban J connectivity index is 1.20. The summed E-state index contributed by atoms with van der Waals surface area (Å²) in [5, 5.41) is 2.89. The van der Waals surface area contributed by atoms with E-state index in [4.69, 9.17) is 0 Å². The Bertz CT molecular complexity index is 1470. The molecule has 0 bridgehead atoms. The monoisotopic (exact) mass is 530 g/mol. The lowest BCUT2D eigenvalue weighted by molar-refractivity contribution is -0.115. The number of pyridine rings is 2. The SMILES string of the molecule is O=C(Cc1cccnc1)Nc1ccc(C2CCN(C(=O)c3ccc(F)c(-c4c(F)cccc4F)n3)CC2)cc1. The average molecular weight is 531 g/mol. The maximum Gasteiger partial charge on any atom is 0.272 e. The van der Waals surface area contributed by atoms with Crippen LogP contribution in [0.4, 0.5) is 18.9 Å². The second-order valence-electron chi connectivity index (χ2n) is 9.40. The number of hydrogen-bond donors (Lipinski definition) is 1. The molecule has 1 aliphatic heterocycles. The van der Waals surface area contributed by atoms with Crippen LogP contribution in [0, 0.1) is 17.5 Å². The van der Waals surface area contributed by atoms with Crippen LogP contribution < -0.4 is 5.32 Å². The number of likely N-dealkylation sites (tertiary alicyclic amines) is 1. The largest absolute Gasteiger partial charge is 0.337 e. The zero-order valence-corrected chi connectivity index (χ0v) is 20.9. The number of nitrogens with one attached hydrogen (secondary N) is 1. The van der Waals surface area contributed by atoms with E-state index in [-0.39, 0.29) is 23.9 Å². The third-order valence-electron chi connectivity index (χ3n) is 6.80. The van der Waals surface area contributed by atoms with Crippen molar-refractivity contribution in [3.05, 3.63) is 113 Å². The molecule has 5 rings (SSSR count). The smallest absolute Gasteiger partial charge is 0.272 e. The lowest BCUT2D eigenvalue weighted by Gasteiger charge is -2.32. The summed E-state index contributed by atoms with van der Waals surface area (Å²) in [6.45, 7) is 0.908. The standard InChI is InChI=1S/C30H25F3N4O2/c31-23-4-1-5-24(32)28(23)29-25(33)10-11-26(36-29)30(39)37-15-12-21(13-16-37)20-6-8-22(9-7-20)35-27(38)17-19-3-2-14-34-18-19/h1-11,14,18,21H,12-13,15-17H2,(H,35,38). The summed E-state index contributed by atoms with van der Waals surface area (Å²) in [7, 11) is 0. The number of hydrogen-bond acceptors (Lipinski definition) is 4. The molecular formula is C30H25F3N4O2. The van der Waals surface area contributed by atoms with Gasteiger partial charge in [-0.15, -0.1) is 0 Å². The van der Waals surface area contributed by atoms with Crippen molar-refractivity contribution >= 4 is 17.5 Å². The molecule has 0 aliphatic carbocycles. The van der Waals surface area contributed by atoms with Crippen LogP contribution in [0.1, 0.15) is 40.4 Å². The van der Waals surface area contributed by atoms with E-state index >= 15 is 0 Å². The van der Waals surface area contributed by atoms with Crippen molar-refractivity contribution in [1.29, 1.82) is 0 Å². The third-order valence-corrected chi connectivity index (χ3v) is 6.80. The molecule has 2 aromatic heterocycles. The molecule has 0 unspecified atom stereocenters. The summed E-state index contributed by atoms with van der Waals surface area (Å²) in [5.74, 6) is -3.14. The summed E-state index contributed by atoms with van der Waals surface area (Å²) < 4.78 is 42.8. The van der Waals surface area contributed by atoms with Gasteiger partial charge >= 0.3 is 0 Å². The van der Waals surface area contributed by atoms with Gasteiger partial charge in [-0.1, -0.05) is 24.3 Å². The first-order chi connectivity index (χ1) is 18.9. The van der Waals surface area contributed by atoms with Crippen LogP contribution in [0.3, 0.4) is 0 Å². The van der Waals surface area contributed by atoms with Crippen molar-refractivity contribution in [3.63, 3.8) is 0 Å². The van der Waals surface area contributed by atoms with E-state index in [0.717, 1.165) is 29.3 Å². The zero-order valence-electron chi connectivity index (χ0n) is 20.9. The maximum atomic E-state index is 14.4. The van der Waals surface area contributed by atoms with Gasteiger partial charge in [0.05, 0.1) is 12.0 Å². The molecule has 3 heterocycles. The Morgan fingerprint density at radius 2 is 1.59 bits per heavy atom. The summed E-state index contributed by atoms with van der Waals surface area (Å²) >= 11 is 0. The molecule has 6 nitrogen and oxygen atoms in total. The highest BCUT2D eigenvalue weighted by atomic mass is 19.1. The minimum absolute atomic E-state index is 0.0705. The van der Waals surface area contributed by atoms with Gasteiger partial charge in [0.25, 0.3) is 5.91 Å². The van der Waals surface area contributed by atoms with Gasteiger partial charge in [-0.25, -0.2) is 18.2 Å². The van der Waals surface area contributed by atoms with Gasteiger partial charge in [0, 0.05) is 31.2 Å². The van der Waals surface area contributed by atoms with Crippen LogP contribution in [-0.4, -0.2) is 39.8 Å². The molecule has 2 amide bonds. The number of piperidine rings is 1. The van der Waals surface area contributed by atoms with Crippen LogP contribution >= 0.6 is 0 Å². The molecule has 39 heavy (non-hydrogen) atoms. The summed E-state index contributed by atoms with van der Waals surface area (Å²) in [6, 6.07) is 16.7. The number of anilines is 1. The van der Waals surface area contributed by atoms with Crippen molar-refractivity contribution < 1.29 is 22.8 Å². The van der Waals surface area contributed by atoms with Crippen LogP contribution in [0.15, 0.2) is 79.1 Å². The fraction of sp³-hybridized carbons (Fsp3) is 0.200. The number of amides is 2. The first-order valence-corrected chi connectivity index (χ1v) is 12.6. The third kappa shape index (κ3) is 5.98. The van der Waals surface area contributed by atoms with Gasteiger partial charge in [-0.2, -0.15) is 0 Å². The molecule has 0 atom stereocenters. The van der Waals surface area contributed by atoms with Gasteiger partial charge in [0.15, 0.2) is 0 Å². The van der Waals surface area contributed by atoms with Crippen LogP contribution in [0.5, 0.6) is 0 Å². The highest BCUT2D eigenvalue weighted by Crippen LogP contribution is 2.31. The van der Waals surface area contributed by atoms with Crippen molar-refractivity contribution in [2.45, 2.75) is 25.2 Å². The Hall–Kier alpha value is -4.53. The number of carbonyl (C=O) groups is 2. The van der Waals surface area contributed by atoms with Crippen LogP contribution in [0.25, 0.3) is 11.3 Å². The fourth-order valence-corrected chi connectivity index (χ4v) is 4.77. The second-order valence-corrected chi connectivity index (χ2v) is 9.40. The molecule has 4 aromatic rings. The van der Waals surface area contributed by atoms with Crippen LogP contribution in [0.2, 0.25) is 0 Å². The van der Waals surface area contributed by atoms with Gasteiger partial charge in [0.1, 0.15) is 28.8 Å². The van der Waals surface area contributed by atoms with E-state index in [9.17, 15) is 22.8 Å². The van der Waals surface area contributed by atoms with E-state index in [1.165, 1.54) is 12.1 Å². The maximum absolute atomic E-state index is 14.4. The van der Waals surface area contributed by atoms with E-state index in [2.05, 4.69) is 15.3 Å². The number of rotatable bonds is 6. The number of nitrogens with zero attached hydrogens (tertiary/aromatic N) is 3. The van der Waals surface area contributed by atoms with Gasteiger partial charge in [0.2, 0.25) is 5.91 Å². The first kappa shape index (κ1) is 26.1. The van der Waals surface area contributed by atoms with Crippen LogP contribution in [-0.2, 0) is 11.2 Å².